The second kappa shape index (κ2) is 5.89. The van der Waals surface area contributed by atoms with Gasteiger partial charge in [-0.2, -0.15) is 0 Å². The van der Waals surface area contributed by atoms with Crippen LogP contribution in [0.3, 0.4) is 0 Å². The Morgan fingerprint density at radius 3 is 2.41 bits per heavy atom. The zero-order chi connectivity index (χ0) is 12.3. The fraction of sp³-hybridized carbons (Fsp3) is 0.571. The number of hydrogen-bond acceptors (Lipinski definition) is 3. The lowest BCUT2D eigenvalue weighted by Gasteiger charge is -2.35. The maximum Gasteiger partial charge on any atom is 0.0345 e. The largest absolute Gasteiger partial charge is 0.314 e. The zero-order valence-electron chi connectivity index (χ0n) is 10.9. The number of nitrogens with one attached hydrogen (secondary N) is 1. The van der Waals surface area contributed by atoms with Crippen molar-refractivity contribution in [1.29, 1.82) is 0 Å². The maximum absolute atomic E-state index is 3.31. The van der Waals surface area contributed by atoms with Gasteiger partial charge in [0.15, 0.2) is 0 Å². The second-order valence-electron chi connectivity index (χ2n) is 5.04. The van der Waals surface area contributed by atoms with E-state index in [1.165, 1.54) is 10.5 Å². The van der Waals surface area contributed by atoms with Crippen LogP contribution in [0.1, 0.15) is 19.4 Å². The molecule has 0 unspecified atom stereocenters. The molecule has 0 bridgehead atoms. The molecule has 1 fully saturated rings. The maximum atomic E-state index is 3.31. The monoisotopic (exact) mass is 250 g/mol. The Morgan fingerprint density at radius 2 is 1.94 bits per heavy atom. The normalized spacial score (nSPS) is 16.5. The molecule has 94 valence electrons. The molecule has 1 aliphatic rings. The van der Waals surface area contributed by atoms with Crippen molar-refractivity contribution < 1.29 is 0 Å². The lowest BCUT2D eigenvalue weighted by Crippen LogP contribution is -2.55. The standard InChI is InChI=1S/C14H22N2S/c1-11(2)17-14-6-4-12(5-7-14)10-16(3)13-8-15-9-13/h4-7,11,13,15H,8-10H2,1-3H3. The zero-order valence-corrected chi connectivity index (χ0v) is 11.8. The van der Waals surface area contributed by atoms with Crippen molar-refractivity contribution in [1.82, 2.24) is 10.2 Å². The molecule has 3 heteroatoms. The molecule has 0 aromatic heterocycles. The average molecular weight is 250 g/mol. The van der Waals surface area contributed by atoms with Crippen molar-refractivity contribution in [2.75, 3.05) is 20.1 Å². The summed E-state index contributed by atoms with van der Waals surface area (Å²) in [6.45, 7) is 7.79. The third-order valence-corrected chi connectivity index (χ3v) is 4.13. The first-order chi connectivity index (χ1) is 8.15. The van der Waals surface area contributed by atoms with Crippen molar-refractivity contribution in [3.05, 3.63) is 29.8 Å². The topological polar surface area (TPSA) is 15.3 Å². The van der Waals surface area contributed by atoms with E-state index in [2.05, 4.69) is 55.4 Å². The van der Waals surface area contributed by atoms with Gasteiger partial charge in [-0.1, -0.05) is 26.0 Å². The van der Waals surface area contributed by atoms with Gasteiger partial charge in [0.25, 0.3) is 0 Å². The van der Waals surface area contributed by atoms with Crippen LogP contribution in [-0.4, -0.2) is 36.3 Å². The summed E-state index contributed by atoms with van der Waals surface area (Å²) < 4.78 is 0. The molecule has 2 nitrogen and oxygen atoms in total. The Kier molecular flexibility index (Phi) is 4.48. The van der Waals surface area contributed by atoms with Gasteiger partial charge in [0.05, 0.1) is 0 Å². The van der Waals surface area contributed by atoms with Crippen LogP contribution in [0.2, 0.25) is 0 Å². The van der Waals surface area contributed by atoms with Crippen LogP contribution in [0.4, 0.5) is 0 Å². The molecule has 1 aromatic carbocycles. The van der Waals surface area contributed by atoms with Gasteiger partial charge in [-0.3, -0.25) is 4.90 Å². The minimum atomic E-state index is 0.657. The minimum Gasteiger partial charge on any atom is -0.314 e. The highest BCUT2D eigenvalue weighted by Crippen LogP contribution is 2.23. The lowest BCUT2D eigenvalue weighted by molar-refractivity contribution is 0.173. The third-order valence-electron chi connectivity index (χ3n) is 3.11. The van der Waals surface area contributed by atoms with Crippen LogP contribution in [-0.2, 0) is 6.54 Å². The molecule has 2 rings (SSSR count). The molecule has 0 spiro atoms. The molecular weight excluding hydrogens is 228 g/mol. The fourth-order valence-corrected chi connectivity index (χ4v) is 2.79. The van der Waals surface area contributed by atoms with Crippen molar-refractivity contribution in [3.63, 3.8) is 0 Å². The van der Waals surface area contributed by atoms with Crippen molar-refractivity contribution in [2.24, 2.45) is 0 Å². The first-order valence-electron chi connectivity index (χ1n) is 6.31. The van der Waals surface area contributed by atoms with E-state index in [0.29, 0.717) is 5.25 Å². The number of nitrogens with zero attached hydrogens (tertiary/aromatic N) is 1. The van der Waals surface area contributed by atoms with E-state index in [4.69, 9.17) is 0 Å². The van der Waals surface area contributed by atoms with Crippen LogP contribution < -0.4 is 5.32 Å². The number of hydrogen-bond donors (Lipinski definition) is 1. The summed E-state index contributed by atoms with van der Waals surface area (Å²) in [7, 11) is 2.21. The fourth-order valence-electron chi connectivity index (χ4n) is 1.95. The van der Waals surface area contributed by atoms with Gasteiger partial charge in [-0.15, -0.1) is 11.8 Å². The molecule has 1 heterocycles. The Hall–Kier alpha value is -0.510. The number of thioether (sulfide) groups is 1. The summed E-state index contributed by atoms with van der Waals surface area (Å²) in [5, 5.41) is 3.97. The van der Waals surface area contributed by atoms with Crippen molar-refractivity contribution in [3.8, 4) is 0 Å². The van der Waals surface area contributed by atoms with E-state index in [9.17, 15) is 0 Å². The number of rotatable bonds is 5. The van der Waals surface area contributed by atoms with Gasteiger partial charge in [0.1, 0.15) is 0 Å². The van der Waals surface area contributed by atoms with Gasteiger partial charge < -0.3 is 5.32 Å². The molecule has 17 heavy (non-hydrogen) atoms. The number of likely N-dealkylation sites (N-methyl/N-ethyl adjacent to an activating group) is 1. The quantitative estimate of drug-likeness (QED) is 0.809. The molecule has 0 aliphatic carbocycles. The van der Waals surface area contributed by atoms with E-state index >= 15 is 0 Å². The predicted molar refractivity (Wildman–Crippen MR) is 75.6 cm³/mol. The molecule has 1 aliphatic heterocycles. The van der Waals surface area contributed by atoms with Crippen LogP contribution >= 0.6 is 11.8 Å². The molecular formula is C14H22N2S. The number of benzene rings is 1. The summed E-state index contributed by atoms with van der Waals surface area (Å²) in [4.78, 5) is 3.80. The molecule has 1 N–H and O–H groups in total. The summed E-state index contributed by atoms with van der Waals surface area (Å²) in [6, 6.07) is 9.72. The smallest absolute Gasteiger partial charge is 0.0345 e. The molecule has 0 amide bonds. The van der Waals surface area contributed by atoms with Gasteiger partial charge in [0, 0.05) is 35.8 Å². The highest BCUT2D eigenvalue weighted by atomic mass is 32.2. The SMILES string of the molecule is CC(C)Sc1ccc(CN(C)C2CNC2)cc1. The predicted octanol–water partition coefficient (Wildman–Crippen LogP) is 2.59. The van der Waals surface area contributed by atoms with Crippen LogP contribution in [0.25, 0.3) is 0 Å². The molecule has 0 saturated carbocycles. The summed E-state index contributed by atoms with van der Waals surface area (Å²) in [5.74, 6) is 0. The highest BCUT2D eigenvalue weighted by Gasteiger charge is 2.21. The summed E-state index contributed by atoms with van der Waals surface area (Å²) in [5.41, 5.74) is 1.41. The van der Waals surface area contributed by atoms with Gasteiger partial charge in [-0.25, -0.2) is 0 Å². The first kappa shape index (κ1) is 12.9. The van der Waals surface area contributed by atoms with Gasteiger partial charge in [-0.05, 0) is 24.7 Å². The molecule has 1 saturated heterocycles. The summed E-state index contributed by atoms with van der Waals surface area (Å²) >= 11 is 1.92. The Morgan fingerprint density at radius 1 is 1.29 bits per heavy atom. The van der Waals surface area contributed by atoms with E-state index < -0.39 is 0 Å². The Bertz CT molecular complexity index is 344. The Labute approximate surface area is 109 Å². The van der Waals surface area contributed by atoms with E-state index in [1.54, 1.807) is 0 Å². The van der Waals surface area contributed by atoms with Crippen molar-refractivity contribution in [2.45, 2.75) is 36.6 Å². The highest BCUT2D eigenvalue weighted by molar-refractivity contribution is 7.99. The summed E-state index contributed by atoms with van der Waals surface area (Å²) in [6.07, 6.45) is 0. The Balaban J connectivity index is 1.88. The van der Waals surface area contributed by atoms with E-state index in [-0.39, 0.29) is 0 Å². The minimum absolute atomic E-state index is 0.657. The lowest BCUT2D eigenvalue weighted by atomic mass is 10.1. The molecule has 0 radical (unpaired) electrons. The van der Waals surface area contributed by atoms with E-state index in [0.717, 1.165) is 25.7 Å². The van der Waals surface area contributed by atoms with Gasteiger partial charge >= 0.3 is 0 Å². The van der Waals surface area contributed by atoms with Crippen LogP contribution in [0, 0.1) is 0 Å². The molecule has 1 aromatic rings. The van der Waals surface area contributed by atoms with Gasteiger partial charge in [0.2, 0.25) is 0 Å². The average Bonchev–Trinajstić information content (AvgIpc) is 2.17. The first-order valence-corrected chi connectivity index (χ1v) is 7.19. The molecule has 0 atom stereocenters. The van der Waals surface area contributed by atoms with Crippen LogP contribution in [0.15, 0.2) is 29.2 Å². The van der Waals surface area contributed by atoms with Crippen molar-refractivity contribution >= 4 is 11.8 Å². The third kappa shape index (κ3) is 3.73. The second-order valence-corrected chi connectivity index (χ2v) is 6.69. The van der Waals surface area contributed by atoms with E-state index in [1.807, 2.05) is 11.8 Å². The van der Waals surface area contributed by atoms with Crippen LogP contribution in [0.5, 0.6) is 0 Å².